The molecule has 70 valence electrons. The average Bonchev–Trinajstić information content (AvgIpc) is 3.03. The van der Waals surface area contributed by atoms with E-state index >= 15 is 0 Å². The van der Waals surface area contributed by atoms with Gasteiger partial charge in [0, 0.05) is 17.0 Å². The second-order valence-electron chi connectivity index (χ2n) is 3.78. The van der Waals surface area contributed by atoms with Gasteiger partial charge in [-0.2, -0.15) is 0 Å². The van der Waals surface area contributed by atoms with E-state index in [-0.39, 0.29) is 11.7 Å². The molecule has 0 amide bonds. The van der Waals surface area contributed by atoms with E-state index in [0.29, 0.717) is 5.75 Å². The monoisotopic (exact) mass is 186 g/mol. The molecule has 0 unspecified atom stereocenters. The average molecular weight is 186 g/mol. The zero-order valence-corrected chi connectivity index (χ0v) is 7.57. The Hall–Kier alpha value is -1.70. The number of hydrogen-bond donors (Lipinski definition) is 2. The number of allylic oxidation sites excluding steroid dienone is 4. The fourth-order valence-electron chi connectivity index (χ4n) is 1.67. The van der Waals surface area contributed by atoms with Gasteiger partial charge >= 0.3 is 0 Å². The van der Waals surface area contributed by atoms with Crippen LogP contribution in [-0.2, 0) is 0 Å². The SMILES string of the molecule is Oc1cc(C2=CC2)c(O)c(C2C=C2)c1. The van der Waals surface area contributed by atoms with Crippen molar-refractivity contribution in [3.05, 3.63) is 41.5 Å². The van der Waals surface area contributed by atoms with Crippen LogP contribution in [0.2, 0.25) is 0 Å². The molecule has 0 saturated heterocycles. The van der Waals surface area contributed by atoms with Crippen molar-refractivity contribution in [2.45, 2.75) is 12.3 Å². The third-order valence-corrected chi connectivity index (χ3v) is 2.62. The van der Waals surface area contributed by atoms with Crippen LogP contribution >= 0.6 is 0 Å². The molecule has 0 aromatic heterocycles. The molecular formula is C12H10O2. The summed E-state index contributed by atoms with van der Waals surface area (Å²) in [6.07, 6.45) is 6.96. The van der Waals surface area contributed by atoms with Gasteiger partial charge in [-0.15, -0.1) is 0 Å². The highest BCUT2D eigenvalue weighted by molar-refractivity contribution is 5.82. The van der Waals surface area contributed by atoms with Crippen LogP contribution in [0.4, 0.5) is 0 Å². The van der Waals surface area contributed by atoms with E-state index < -0.39 is 0 Å². The zero-order chi connectivity index (χ0) is 9.71. The first-order valence-corrected chi connectivity index (χ1v) is 4.69. The number of aromatic hydroxyl groups is 2. The van der Waals surface area contributed by atoms with Gasteiger partial charge in [0.2, 0.25) is 0 Å². The molecule has 0 fully saturated rings. The van der Waals surface area contributed by atoms with E-state index in [1.807, 2.05) is 18.2 Å². The standard InChI is InChI=1S/C12H10O2/c13-9-5-10(7-1-2-7)12(14)11(6-9)8-3-4-8/h1-3,5-7,13-14H,4H2. The van der Waals surface area contributed by atoms with Crippen LogP contribution in [0.15, 0.2) is 30.4 Å². The van der Waals surface area contributed by atoms with Crippen molar-refractivity contribution in [1.29, 1.82) is 0 Å². The summed E-state index contributed by atoms with van der Waals surface area (Å²) in [4.78, 5) is 0. The third kappa shape index (κ3) is 1.11. The van der Waals surface area contributed by atoms with Crippen LogP contribution in [0.25, 0.3) is 5.57 Å². The summed E-state index contributed by atoms with van der Waals surface area (Å²) in [5.41, 5.74) is 2.72. The molecule has 2 aliphatic rings. The molecular weight excluding hydrogens is 176 g/mol. The van der Waals surface area contributed by atoms with Crippen molar-refractivity contribution in [2.24, 2.45) is 0 Å². The minimum Gasteiger partial charge on any atom is -0.508 e. The van der Waals surface area contributed by atoms with Gasteiger partial charge in [0.1, 0.15) is 11.5 Å². The number of hydrogen-bond acceptors (Lipinski definition) is 2. The maximum absolute atomic E-state index is 9.94. The molecule has 0 saturated carbocycles. The number of rotatable bonds is 2. The van der Waals surface area contributed by atoms with Crippen LogP contribution in [0.3, 0.4) is 0 Å². The van der Waals surface area contributed by atoms with Gasteiger partial charge in [-0.1, -0.05) is 18.2 Å². The summed E-state index contributed by atoms with van der Waals surface area (Å²) in [6, 6.07) is 3.26. The first-order valence-electron chi connectivity index (χ1n) is 4.69. The van der Waals surface area contributed by atoms with Gasteiger partial charge < -0.3 is 10.2 Å². The molecule has 3 rings (SSSR count). The molecule has 1 aromatic carbocycles. The van der Waals surface area contributed by atoms with Crippen LogP contribution in [0.5, 0.6) is 11.5 Å². The Morgan fingerprint density at radius 2 is 1.86 bits per heavy atom. The fraction of sp³-hybridized carbons (Fsp3) is 0.167. The minimum absolute atomic E-state index is 0.222. The summed E-state index contributed by atoms with van der Waals surface area (Å²) in [5, 5.41) is 19.4. The Bertz CT molecular complexity index is 463. The van der Waals surface area contributed by atoms with E-state index in [1.165, 1.54) is 0 Å². The summed E-state index contributed by atoms with van der Waals surface area (Å²) >= 11 is 0. The summed E-state index contributed by atoms with van der Waals surface area (Å²) in [5.74, 6) is 0.774. The van der Waals surface area contributed by atoms with Gasteiger partial charge in [-0.05, 0) is 24.1 Å². The van der Waals surface area contributed by atoms with E-state index in [0.717, 1.165) is 23.1 Å². The Morgan fingerprint density at radius 1 is 1.14 bits per heavy atom. The molecule has 0 spiro atoms. The van der Waals surface area contributed by atoms with Crippen LogP contribution in [-0.4, -0.2) is 10.2 Å². The van der Waals surface area contributed by atoms with Crippen molar-refractivity contribution < 1.29 is 10.2 Å². The lowest BCUT2D eigenvalue weighted by molar-refractivity contribution is 0.453. The summed E-state index contributed by atoms with van der Waals surface area (Å²) in [6.45, 7) is 0. The zero-order valence-electron chi connectivity index (χ0n) is 7.57. The lowest BCUT2D eigenvalue weighted by atomic mass is 10.0. The summed E-state index contributed by atoms with van der Waals surface area (Å²) in [7, 11) is 0. The van der Waals surface area contributed by atoms with E-state index in [9.17, 15) is 10.2 Å². The van der Waals surface area contributed by atoms with Gasteiger partial charge in [0.05, 0.1) is 0 Å². The Morgan fingerprint density at radius 3 is 2.43 bits per heavy atom. The van der Waals surface area contributed by atoms with E-state index in [1.54, 1.807) is 12.1 Å². The van der Waals surface area contributed by atoms with Crippen molar-refractivity contribution >= 4 is 5.57 Å². The largest absolute Gasteiger partial charge is 0.508 e. The first-order chi connectivity index (χ1) is 6.75. The molecule has 2 heteroatoms. The lowest BCUT2D eigenvalue weighted by Gasteiger charge is -2.08. The molecule has 0 atom stereocenters. The van der Waals surface area contributed by atoms with Gasteiger partial charge in [0.25, 0.3) is 0 Å². The Labute approximate surface area is 81.8 Å². The van der Waals surface area contributed by atoms with Gasteiger partial charge in [0.15, 0.2) is 0 Å². The maximum Gasteiger partial charge on any atom is 0.127 e. The first kappa shape index (κ1) is 7.68. The second-order valence-corrected chi connectivity index (χ2v) is 3.78. The highest BCUT2D eigenvalue weighted by Gasteiger charge is 2.23. The van der Waals surface area contributed by atoms with Crippen LogP contribution in [0, 0.1) is 0 Å². The predicted octanol–water partition coefficient (Wildman–Crippen LogP) is 2.54. The smallest absolute Gasteiger partial charge is 0.127 e. The normalized spacial score (nSPS) is 18.1. The Kier molecular flexibility index (Phi) is 1.32. The van der Waals surface area contributed by atoms with Crippen molar-refractivity contribution in [2.75, 3.05) is 0 Å². The third-order valence-electron chi connectivity index (χ3n) is 2.62. The van der Waals surface area contributed by atoms with E-state index in [2.05, 4.69) is 0 Å². The lowest BCUT2D eigenvalue weighted by Crippen LogP contribution is -1.86. The van der Waals surface area contributed by atoms with Gasteiger partial charge in [-0.25, -0.2) is 0 Å². The molecule has 0 bridgehead atoms. The highest BCUT2D eigenvalue weighted by Crippen LogP contribution is 2.45. The number of phenolic OH excluding ortho intramolecular Hbond substituents is 2. The second kappa shape index (κ2) is 2.41. The Balaban J connectivity index is 2.14. The number of phenols is 2. The highest BCUT2D eigenvalue weighted by atomic mass is 16.3. The number of benzene rings is 1. The molecule has 14 heavy (non-hydrogen) atoms. The van der Waals surface area contributed by atoms with Crippen molar-refractivity contribution in [3.63, 3.8) is 0 Å². The predicted molar refractivity (Wildman–Crippen MR) is 54.2 cm³/mol. The van der Waals surface area contributed by atoms with Crippen LogP contribution in [0.1, 0.15) is 23.5 Å². The van der Waals surface area contributed by atoms with Crippen LogP contribution < -0.4 is 0 Å². The summed E-state index contributed by atoms with van der Waals surface area (Å²) < 4.78 is 0. The molecule has 0 radical (unpaired) electrons. The molecule has 0 aliphatic heterocycles. The molecule has 1 aromatic rings. The van der Waals surface area contributed by atoms with E-state index in [4.69, 9.17) is 0 Å². The topological polar surface area (TPSA) is 40.5 Å². The fourth-order valence-corrected chi connectivity index (χ4v) is 1.67. The molecule has 2 N–H and O–H groups in total. The molecule has 2 aliphatic carbocycles. The molecule has 2 nitrogen and oxygen atoms in total. The van der Waals surface area contributed by atoms with Crippen molar-refractivity contribution in [3.8, 4) is 11.5 Å². The quantitative estimate of drug-likeness (QED) is 0.550. The van der Waals surface area contributed by atoms with Crippen molar-refractivity contribution in [1.82, 2.24) is 0 Å². The van der Waals surface area contributed by atoms with Gasteiger partial charge in [-0.3, -0.25) is 0 Å². The maximum atomic E-state index is 9.94. The minimum atomic E-state index is 0.222. The molecule has 0 heterocycles.